The molecule has 1 aromatic heterocycles. The van der Waals surface area contributed by atoms with E-state index in [1.165, 1.54) is 43.4 Å². The first-order valence-electron chi connectivity index (χ1n) is 13.7. The minimum Gasteiger partial charge on any atom is -0.490 e. The van der Waals surface area contributed by atoms with Crippen LogP contribution in [0, 0.1) is 5.92 Å². The predicted octanol–water partition coefficient (Wildman–Crippen LogP) is 4.40. The molecule has 3 amide bonds. The van der Waals surface area contributed by atoms with Gasteiger partial charge in [-0.3, -0.25) is 14.4 Å². The molecule has 38 heavy (non-hydrogen) atoms. The Hall–Kier alpha value is -2.91. The number of likely N-dealkylation sites (N-methyl/N-ethyl adjacent to an activating group) is 1. The number of hydrogen-bond donors (Lipinski definition) is 2. The van der Waals surface area contributed by atoms with Crippen molar-refractivity contribution >= 4 is 34.7 Å². The molecule has 3 atom stereocenters. The summed E-state index contributed by atoms with van der Waals surface area (Å²) in [4.78, 5) is 41.2. The highest BCUT2D eigenvalue weighted by molar-refractivity contribution is 7.10. The number of hydrogen-bond acceptors (Lipinski definition) is 6. The fourth-order valence-electron chi connectivity index (χ4n) is 5.81. The van der Waals surface area contributed by atoms with Crippen molar-refractivity contribution in [2.75, 3.05) is 25.5 Å². The number of amides is 3. The van der Waals surface area contributed by atoms with Crippen molar-refractivity contribution in [3.05, 3.63) is 46.2 Å². The third-order valence-corrected chi connectivity index (χ3v) is 8.81. The van der Waals surface area contributed by atoms with Gasteiger partial charge in [0, 0.05) is 24.2 Å². The van der Waals surface area contributed by atoms with Gasteiger partial charge in [-0.15, -0.1) is 11.3 Å². The summed E-state index contributed by atoms with van der Waals surface area (Å²) in [7, 11) is 1.79. The summed E-state index contributed by atoms with van der Waals surface area (Å²) in [6, 6.07) is 8.86. The van der Waals surface area contributed by atoms with Gasteiger partial charge >= 0.3 is 0 Å². The molecule has 0 unspecified atom stereocenters. The molecule has 3 aliphatic rings. The van der Waals surface area contributed by atoms with E-state index in [-0.39, 0.29) is 36.0 Å². The van der Waals surface area contributed by atoms with Crippen molar-refractivity contribution in [3.8, 4) is 5.75 Å². The normalized spacial score (nSPS) is 23.9. The van der Waals surface area contributed by atoms with E-state index < -0.39 is 0 Å². The zero-order valence-electron chi connectivity index (χ0n) is 21.9. The average Bonchev–Trinajstić information content (AvgIpc) is 3.43. The topological polar surface area (TPSA) is 97.0 Å². The summed E-state index contributed by atoms with van der Waals surface area (Å²) >= 11 is 1.54. The number of carbonyl (C=O) groups is 3. The molecule has 1 aromatic carbocycles. The smallest absolute Gasteiger partial charge is 0.257 e. The third-order valence-electron chi connectivity index (χ3n) is 7.94. The molecule has 1 aliphatic carbocycles. The van der Waals surface area contributed by atoms with Gasteiger partial charge in [-0.1, -0.05) is 25.3 Å². The van der Waals surface area contributed by atoms with Gasteiger partial charge in [-0.2, -0.15) is 0 Å². The molecule has 2 fully saturated rings. The lowest BCUT2D eigenvalue weighted by molar-refractivity contribution is -0.134. The summed E-state index contributed by atoms with van der Waals surface area (Å²) in [5.41, 5.74) is 0.982. The van der Waals surface area contributed by atoms with Crippen LogP contribution in [0.1, 0.15) is 66.6 Å². The van der Waals surface area contributed by atoms with Crippen LogP contribution in [0.4, 0.5) is 5.69 Å². The summed E-state index contributed by atoms with van der Waals surface area (Å²) in [6.45, 7) is 1.05. The SMILES string of the molecule is CN1C(=O)c2cc(NC(=O)Cc3cccs3)ccc2OC[C@@H]2O[C@H](CC(=O)NCC3CCCCC3)CC[C@H]21. The van der Waals surface area contributed by atoms with Crippen LogP contribution >= 0.6 is 11.3 Å². The van der Waals surface area contributed by atoms with E-state index in [0.717, 1.165) is 17.8 Å². The number of thiophene rings is 1. The summed E-state index contributed by atoms with van der Waals surface area (Å²) < 4.78 is 12.4. The number of ether oxygens (including phenoxy) is 2. The van der Waals surface area contributed by atoms with E-state index in [9.17, 15) is 14.4 Å². The van der Waals surface area contributed by atoms with Crippen molar-refractivity contribution in [1.82, 2.24) is 10.2 Å². The van der Waals surface area contributed by atoms with Crippen molar-refractivity contribution in [2.24, 2.45) is 5.92 Å². The molecule has 2 aliphatic heterocycles. The maximum absolute atomic E-state index is 13.4. The summed E-state index contributed by atoms with van der Waals surface area (Å²) in [6.07, 6.45) is 7.80. The second-order valence-corrected chi connectivity index (χ2v) is 11.7. The van der Waals surface area contributed by atoms with E-state index in [4.69, 9.17) is 9.47 Å². The van der Waals surface area contributed by atoms with Crippen LogP contribution in [-0.2, 0) is 20.7 Å². The van der Waals surface area contributed by atoms with Crippen LogP contribution in [0.25, 0.3) is 0 Å². The molecule has 3 heterocycles. The highest BCUT2D eigenvalue weighted by atomic mass is 32.1. The zero-order valence-corrected chi connectivity index (χ0v) is 22.8. The first-order valence-corrected chi connectivity index (χ1v) is 14.6. The maximum atomic E-state index is 13.4. The minimum absolute atomic E-state index is 0.0363. The van der Waals surface area contributed by atoms with E-state index >= 15 is 0 Å². The second-order valence-electron chi connectivity index (χ2n) is 10.7. The second kappa shape index (κ2) is 12.3. The molecular weight excluding hydrogens is 502 g/mol. The van der Waals surface area contributed by atoms with E-state index in [1.807, 2.05) is 17.5 Å². The van der Waals surface area contributed by atoms with Crippen molar-refractivity contribution in [1.29, 1.82) is 0 Å². The molecule has 1 saturated carbocycles. The van der Waals surface area contributed by atoms with E-state index in [2.05, 4.69) is 10.6 Å². The molecule has 5 rings (SSSR count). The van der Waals surface area contributed by atoms with Gasteiger partial charge in [0.2, 0.25) is 11.8 Å². The quantitative estimate of drug-likeness (QED) is 0.544. The van der Waals surface area contributed by atoms with Gasteiger partial charge in [0.25, 0.3) is 5.91 Å². The van der Waals surface area contributed by atoms with Crippen LogP contribution in [-0.4, -0.2) is 61.1 Å². The Bertz CT molecular complexity index is 1130. The molecule has 0 bridgehead atoms. The van der Waals surface area contributed by atoms with Gasteiger partial charge in [0.1, 0.15) is 18.5 Å². The average molecular weight is 540 g/mol. The van der Waals surface area contributed by atoms with Crippen LogP contribution in [0.15, 0.2) is 35.7 Å². The number of benzene rings is 1. The Kier molecular flexibility index (Phi) is 8.64. The molecule has 1 saturated heterocycles. The highest BCUT2D eigenvalue weighted by Crippen LogP contribution is 2.32. The lowest BCUT2D eigenvalue weighted by Crippen LogP contribution is -2.54. The number of nitrogens with zero attached hydrogens (tertiary/aromatic N) is 1. The zero-order chi connectivity index (χ0) is 26.5. The Morgan fingerprint density at radius 3 is 2.71 bits per heavy atom. The fourth-order valence-corrected chi connectivity index (χ4v) is 6.51. The van der Waals surface area contributed by atoms with Crippen molar-refractivity contribution < 1.29 is 23.9 Å². The molecule has 0 spiro atoms. The summed E-state index contributed by atoms with van der Waals surface area (Å²) in [5.74, 6) is 0.797. The number of anilines is 1. The van der Waals surface area contributed by atoms with Gasteiger partial charge < -0.3 is 25.0 Å². The van der Waals surface area contributed by atoms with E-state index in [0.29, 0.717) is 48.8 Å². The third kappa shape index (κ3) is 6.56. The molecule has 0 radical (unpaired) electrons. The van der Waals surface area contributed by atoms with Crippen LogP contribution in [0.3, 0.4) is 0 Å². The Labute approximate surface area is 228 Å². The fraction of sp³-hybridized carbons (Fsp3) is 0.552. The monoisotopic (exact) mass is 539 g/mol. The first-order chi connectivity index (χ1) is 18.5. The van der Waals surface area contributed by atoms with Crippen LogP contribution < -0.4 is 15.4 Å². The molecule has 9 heteroatoms. The molecule has 2 N–H and O–H groups in total. The number of nitrogens with one attached hydrogen (secondary N) is 2. The van der Waals surface area contributed by atoms with Crippen molar-refractivity contribution in [2.45, 2.75) is 76.0 Å². The summed E-state index contributed by atoms with van der Waals surface area (Å²) in [5, 5.41) is 7.94. The molecular formula is C29H37N3O5S. The molecule has 2 aromatic rings. The van der Waals surface area contributed by atoms with Crippen LogP contribution in [0.5, 0.6) is 5.75 Å². The Morgan fingerprint density at radius 1 is 1.08 bits per heavy atom. The molecule has 204 valence electrons. The predicted molar refractivity (Wildman–Crippen MR) is 147 cm³/mol. The van der Waals surface area contributed by atoms with Gasteiger partial charge in [-0.05, 0) is 61.2 Å². The number of rotatable bonds is 7. The van der Waals surface area contributed by atoms with Gasteiger partial charge in [-0.25, -0.2) is 0 Å². The number of fused-ring (bicyclic) bond motifs is 2. The highest BCUT2D eigenvalue weighted by Gasteiger charge is 2.39. The van der Waals surface area contributed by atoms with Crippen LogP contribution in [0.2, 0.25) is 0 Å². The Balaban J connectivity index is 1.18. The van der Waals surface area contributed by atoms with Crippen molar-refractivity contribution in [3.63, 3.8) is 0 Å². The maximum Gasteiger partial charge on any atom is 0.257 e. The first kappa shape index (κ1) is 26.7. The lowest BCUT2D eigenvalue weighted by atomic mass is 9.89. The lowest BCUT2D eigenvalue weighted by Gasteiger charge is -2.42. The minimum atomic E-state index is -0.313. The van der Waals surface area contributed by atoms with Gasteiger partial charge in [0.05, 0.1) is 30.6 Å². The number of carbonyl (C=O) groups excluding carboxylic acids is 3. The standard InChI is InChI=1S/C29H37N3O5S/c1-32-24-11-10-21(15-27(33)30-17-19-6-3-2-4-7-19)37-26(24)18-36-25-12-9-20(14-23(25)29(32)35)31-28(34)16-22-8-5-13-38-22/h5,8-9,12-14,19,21,24,26H,2-4,6-7,10-11,15-18H2,1H3,(H,30,33)(H,31,34)/t21-,24+,26-/m0/s1. The van der Waals surface area contributed by atoms with Gasteiger partial charge in [0.15, 0.2) is 0 Å². The Morgan fingerprint density at radius 2 is 1.92 bits per heavy atom. The molecule has 8 nitrogen and oxygen atoms in total. The largest absolute Gasteiger partial charge is 0.490 e. The van der Waals surface area contributed by atoms with E-state index in [1.54, 1.807) is 30.1 Å².